The van der Waals surface area contributed by atoms with Gasteiger partial charge in [0.1, 0.15) is 17.3 Å². The molecular weight excluding hydrogens is 368 g/mol. The van der Waals surface area contributed by atoms with Crippen LogP contribution in [0.4, 0.5) is 5.82 Å². The summed E-state index contributed by atoms with van der Waals surface area (Å²) in [5.41, 5.74) is 6.88. The fraction of sp³-hybridized carbons (Fsp3) is 0.455. The molecule has 0 unspecified atom stereocenters. The Kier molecular flexibility index (Phi) is 7.30. The fourth-order valence-corrected chi connectivity index (χ4v) is 3.55. The van der Waals surface area contributed by atoms with Gasteiger partial charge < -0.3 is 20.5 Å². The molecule has 2 aromatic rings. The SMILES string of the molecule is CCOc1cc(CN2CCC(Nc3ccc(C(N)=O)cn3)CC2)cc(OCC)c1. The number of pyridine rings is 1. The standard InChI is InChI=1S/C22H30N4O3/c1-3-28-19-11-16(12-20(13-19)29-4-2)15-26-9-7-18(8-10-26)25-21-6-5-17(14-24-21)22(23)27/h5-6,11-14,18H,3-4,7-10,15H2,1-2H3,(H2,23,27)(H,24,25). The van der Waals surface area contributed by atoms with Crippen LogP contribution in [0.5, 0.6) is 11.5 Å². The molecule has 0 bridgehead atoms. The molecule has 156 valence electrons. The highest BCUT2D eigenvalue weighted by atomic mass is 16.5. The number of hydrogen-bond donors (Lipinski definition) is 2. The zero-order valence-corrected chi connectivity index (χ0v) is 17.2. The van der Waals surface area contributed by atoms with Crippen molar-refractivity contribution in [2.45, 2.75) is 39.3 Å². The van der Waals surface area contributed by atoms with E-state index in [2.05, 4.69) is 27.3 Å². The fourth-order valence-electron chi connectivity index (χ4n) is 3.55. The smallest absolute Gasteiger partial charge is 0.250 e. The summed E-state index contributed by atoms with van der Waals surface area (Å²) in [6.45, 7) is 8.13. The number of nitrogens with one attached hydrogen (secondary N) is 1. The first-order chi connectivity index (χ1) is 14.1. The molecule has 1 saturated heterocycles. The molecule has 0 saturated carbocycles. The van der Waals surface area contributed by atoms with Crippen LogP contribution in [0.2, 0.25) is 0 Å². The van der Waals surface area contributed by atoms with Crippen molar-refractivity contribution in [1.29, 1.82) is 0 Å². The van der Waals surface area contributed by atoms with E-state index in [1.54, 1.807) is 12.1 Å². The zero-order valence-electron chi connectivity index (χ0n) is 17.2. The number of aromatic nitrogens is 1. The molecule has 29 heavy (non-hydrogen) atoms. The van der Waals surface area contributed by atoms with Crippen molar-refractivity contribution in [3.05, 3.63) is 47.7 Å². The van der Waals surface area contributed by atoms with Crippen molar-refractivity contribution < 1.29 is 14.3 Å². The third-order valence-corrected chi connectivity index (χ3v) is 4.96. The second kappa shape index (κ2) is 10.1. The number of primary amides is 1. The van der Waals surface area contributed by atoms with E-state index in [4.69, 9.17) is 15.2 Å². The summed E-state index contributed by atoms with van der Waals surface area (Å²) in [7, 11) is 0. The van der Waals surface area contributed by atoms with Crippen molar-refractivity contribution in [2.75, 3.05) is 31.6 Å². The molecule has 0 radical (unpaired) electrons. The Balaban J connectivity index is 1.53. The molecule has 1 fully saturated rings. The molecule has 0 spiro atoms. The summed E-state index contributed by atoms with van der Waals surface area (Å²) in [6.07, 6.45) is 3.58. The van der Waals surface area contributed by atoms with Gasteiger partial charge in [0.25, 0.3) is 0 Å². The number of likely N-dealkylation sites (tertiary alicyclic amines) is 1. The molecule has 1 aromatic carbocycles. The molecule has 1 amide bonds. The number of carbonyl (C=O) groups is 1. The Labute approximate surface area is 172 Å². The lowest BCUT2D eigenvalue weighted by molar-refractivity contribution is 0.1000. The largest absolute Gasteiger partial charge is 0.494 e. The Hall–Kier alpha value is -2.80. The molecule has 7 heteroatoms. The minimum absolute atomic E-state index is 0.368. The molecule has 1 aromatic heterocycles. The third-order valence-electron chi connectivity index (χ3n) is 4.96. The minimum atomic E-state index is -0.460. The van der Waals surface area contributed by atoms with Crippen LogP contribution < -0.4 is 20.5 Å². The monoisotopic (exact) mass is 398 g/mol. The molecule has 3 N–H and O–H groups in total. The Bertz CT molecular complexity index is 778. The van der Waals surface area contributed by atoms with Crippen LogP contribution >= 0.6 is 0 Å². The van der Waals surface area contributed by atoms with Gasteiger partial charge in [-0.15, -0.1) is 0 Å². The van der Waals surface area contributed by atoms with E-state index in [-0.39, 0.29) is 0 Å². The maximum absolute atomic E-state index is 11.1. The molecule has 1 aliphatic heterocycles. The van der Waals surface area contributed by atoms with Crippen LogP contribution in [0.1, 0.15) is 42.6 Å². The van der Waals surface area contributed by atoms with Crippen molar-refractivity contribution in [3.63, 3.8) is 0 Å². The van der Waals surface area contributed by atoms with Gasteiger partial charge in [-0.3, -0.25) is 9.69 Å². The summed E-state index contributed by atoms with van der Waals surface area (Å²) >= 11 is 0. The summed E-state index contributed by atoms with van der Waals surface area (Å²) in [6, 6.07) is 10.0. The first-order valence-electron chi connectivity index (χ1n) is 10.2. The van der Waals surface area contributed by atoms with Crippen molar-refractivity contribution in [2.24, 2.45) is 5.73 Å². The van der Waals surface area contributed by atoms with E-state index in [9.17, 15) is 4.79 Å². The number of piperidine rings is 1. The van der Waals surface area contributed by atoms with Gasteiger partial charge in [0.15, 0.2) is 0 Å². The average molecular weight is 399 g/mol. The van der Waals surface area contributed by atoms with Gasteiger partial charge in [-0.2, -0.15) is 0 Å². The lowest BCUT2D eigenvalue weighted by atomic mass is 10.0. The quantitative estimate of drug-likeness (QED) is 0.675. The normalized spacial score (nSPS) is 15.1. The van der Waals surface area contributed by atoms with Crippen LogP contribution in [-0.2, 0) is 6.54 Å². The topological polar surface area (TPSA) is 89.7 Å². The van der Waals surface area contributed by atoms with Gasteiger partial charge in [-0.05, 0) is 56.5 Å². The molecule has 0 atom stereocenters. The Morgan fingerprint density at radius 2 is 1.79 bits per heavy atom. The molecule has 1 aliphatic rings. The van der Waals surface area contributed by atoms with E-state index in [0.717, 1.165) is 49.8 Å². The van der Waals surface area contributed by atoms with Gasteiger partial charge in [-0.1, -0.05) is 0 Å². The number of carbonyl (C=O) groups excluding carboxylic acids is 1. The zero-order chi connectivity index (χ0) is 20.6. The van der Waals surface area contributed by atoms with E-state index >= 15 is 0 Å². The highest BCUT2D eigenvalue weighted by Crippen LogP contribution is 2.25. The van der Waals surface area contributed by atoms with Gasteiger partial charge in [-0.25, -0.2) is 4.98 Å². The number of nitrogens with zero attached hydrogens (tertiary/aromatic N) is 2. The number of anilines is 1. The van der Waals surface area contributed by atoms with Crippen LogP contribution in [0.25, 0.3) is 0 Å². The van der Waals surface area contributed by atoms with Crippen LogP contribution in [0.3, 0.4) is 0 Å². The summed E-state index contributed by atoms with van der Waals surface area (Å²) in [5.74, 6) is 2.03. The van der Waals surface area contributed by atoms with Crippen LogP contribution in [0, 0.1) is 0 Å². The van der Waals surface area contributed by atoms with Crippen molar-refractivity contribution in [3.8, 4) is 11.5 Å². The summed E-state index contributed by atoms with van der Waals surface area (Å²) < 4.78 is 11.4. The molecule has 2 heterocycles. The predicted molar refractivity (Wildman–Crippen MR) is 113 cm³/mol. The van der Waals surface area contributed by atoms with E-state index in [1.807, 2.05) is 19.9 Å². The highest BCUT2D eigenvalue weighted by Gasteiger charge is 2.20. The van der Waals surface area contributed by atoms with Gasteiger partial charge in [0.05, 0.1) is 18.8 Å². The number of rotatable bonds is 9. The molecule has 3 rings (SSSR count). The van der Waals surface area contributed by atoms with Crippen LogP contribution in [-0.4, -0.2) is 48.1 Å². The number of nitrogens with two attached hydrogens (primary N) is 1. The minimum Gasteiger partial charge on any atom is -0.494 e. The van der Waals surface area contributed by atoms with Crippen molar-refractivity contribution in [1.82, 2.24) is 9.88 Å². The Morgan fingerprint density at radius 3 is 2.31 bits per heavy atom. The first kappa shape index (κ1) is 20.9. The van der Waals surface area contributed by atoms with Gasteiger partial charge in [0, 0.05) is 37.9 Å². The maximum Gasteiger partial charge on any atom is 0.250 e. The predicted octanol–water partition coefficient (Wildman–Crippen LogP) is 3.05. The second-order valence-corrected chi connectivity index (χ2v) is 7.17. The summed E-state index contributed by atoms with van der Waals surface area (Å²) in [4.78, 5) is 17.9. The number of amides is 1. The summed E-state index contributed by atoms with van der Waals surface area (Å²) in [5, 5.41) is 3.45. The third kappa shape index (κ3) is 6.09. The number of ether oxygens (including phenoxy) is 2. The second-order valence-electron chi connectivity index (χ2n) is 7.17. The van der Waals surface area contributed by atoms with E-state index in [0.29, 0.717) is 24.8 Å². The highest BCUT2D eigenvalue weighted by molar-refractivity contribution is 5.92. The van der Waals surface area contributed by atoms with Gasteiger partial charge >= 0.3 is 0 Å². The van der Waals surface area contributed by atoms with Gasteiger partial charge in [0.2, 0.25) is 5.91 Å². The Morgan fingerprint density at radius 1 is 1.14 bits per heavy atom. The van der Waals surface area contributed by atoms with Crippen molar-refractivity contribution >= 4 is 11.7 Å². The molecular formula is C22H30N4O3. The number of hydrogen-bond acceptors (Lipinski definition) is 6. The lowest BCUT2D eigenvalue weighted by Gasteiger charge is -2.32. The maximum atomic E-state index is 11.1. The van der Waals surface area contributed by atoms with Crippen LogP contribution in [0.15, 0.2) is 36.5 Å². The van der Waals surface area contributed by atoms with E-state index in [1.165, 1.54) is 11.8 Å². The molecule has 7 nitrogen and oxygen atoms in total. The molecule has 0 aliphatic carbocycles. The number of benzene rings is 1. The lowest BCUT2D eigenvalue weighted by Crippen LogP contribution is -2.38. The van der Waals surface area contributed by atoms with E-state index < -0.39 is 5.91 Å². The average Bonchev–Trinajstić information content (AvgIpc) is 2.70. The first-order valence-corrected chi connectivity index (χ1v) is 10.2.